The van der Waals surface area contributed by atoms with Crippen molar-refractivity contribution in [3.05, 3.63) is 11.3 Å². The van der Waals surface area contributed by atoms with Gasteiger partial charge in [-0.15, -0.1) is 11.6 Å². The van der Waals surface area contributed by atoms with Gasteiger partial charge in [-0.2, -0.15) is 15.2 Å². The Morgan fingerprint density at radius 2 is 2.38 bits per heavy atom. The van der Waals surface area contributed by atoms with Gasteiger partial charge in [0, 0.05) is 0 Å². The molecule has 2 aliphatic rings. The maximum atomic E-state index is 10.9. The SMILES string of the molecule is NC1=NC(=O)NC2N=NC(CCl)=C12. The van der Waals surface area contributed by atoms with Crippen LogP contribution in [0, 0.1) is 0 Å². The summed E-state index contributed by atoms with van der Waals surface area (Å²) in [7, 11) is 0. The first-order chi connectivity index (χ1) is 6.22. The van der Waals surface area contributed by atoms with Gasteiger partial charge < -0.3 is 11.1 Å². The lowest BCUT2D eigenvalue weighted by Gasteiger charge is -2.16. The van der Waals surface area contributed by atoms with Crippen molar-refractivity contribution >= 4 is 23.5 Å². The first-order valence-electron chi connectivity index (χ1n) is 3.57. The Morgan fingerprint density at radius 3 is 3.08 bits per heavy atom. The van der Waals surface area contributed by atoms with E-state index in [9.17, 15) is 4.79 Å². The molecule has 0 radical (unpaired) electrons. The highest BCUT2D eigenvalue weighted by atomic mass is 35.5. The number of urea groups is 1. The van der Waals surface area contributed by atoms with Crippen molar-refractivity contribution in [2.24, 2.45) is 21.0 Å². The van der Waals surface area contributed by atoms with Crippen molar-refractivity contribution < 1.29 is 4.79 Å². The van der Waals surface area contributed by atoms with Gasteiger partial charge in [0.25, 0.3) is 0 Å². The van der Waals surface area contributed by atoms with Crippen molar-refractivity contribution in [2.45, 2.75) is 6.17 Å². The van der Waals surface area contributed by atoms with Crippen LogP contribution in [0.25, 0.3) is 0 Å². The van der Waals surface area contributed by atoms with E-state index in [-0.39, 0.29) is 11.7 Å². The van der Waals surface area contributed by atoms with Crippen molar-refractivity contribution in [2.75, 3.05) is 5.88 Å². The van der Waals surface area contributed by atoms with Gasteiger partial charge in [-0.25, -0.2) is 4.79 Å². The van der Waals surface area contributed by atoms with Crippen molar-refractivity contribution in [3.63, 3.8) is 0 Å². The number of allylic oxidation sites excluding steroid dienone is 1. The molecule has 7 heteroatoms. The van der Waals surface area contributed by atoms with E-state index in [0.29, 0.717) is 11.3 Å². The molecule has 0 fully saturated rings. The molecule has 1 unspecified atom stereocenters. The van der Waals surface area contributed by atoms with E-state index in [1.54, 1.807) is 0 Å². The zero-order chi connectivity index (χ0) is 9.42. The zero-order valence-electron chi connectivity index (χ0n) is 6.49. The average Bonchev–Trinajstić information content (AvgIpc) is 2.47. The molecule has 2 amide bonds. The molecule has 68 valence electrons. The number of rotatable bonds is 1. The first-order valence-corrected chi connectivity index (χ1v) is 4.10. The van der Waals surface area contributed by atoms with Gasteiger partial charge in [0.15, 0.2) is 6.17 Å². The third kappa shape index (κ3) is 1.19. The minimum absolute atomic E-state index is 0.148. The van der Waals surface area contributed by atoms with Gasteiger partial charge in [0.1, 0.15) is 5.84 Å². The van der Waals surface area contributed by atoms with E-state index in [4.69, 9.17) is 17.3 Å². The second kappa shape index (κ2) is 2.81. The van der Waals surface area contributed by atoms with Crippen LogP contribution in [0.15, 0.2) is 26.5 Å². The number of alkyl halides is 1. The zero-order valence-corrected chi connectivity index (χ0v) is 7.25. The molecule has 0 saturated carbocycles. The number of hydrogen-bond donors (Lipinski definition) is 2. The molecule has 2 heterocycles. The molecule has 2 aliphatic heterocycles. The molecule has 0 aromatic heterocycles. The Labute approximate surface area is 78.6 Å². The van der Waals surface area contributed by atoms with Crippen LogP contribution < -0.4 is 11.1 Å². The molecule has 0 aliphatic carbocycles. The van der Waals surface area contributed by atoms with Gasteiger partial charge in [0.05, 0.1) is 17.2 Å². The predicted molar refractivity (Wildman–Crippen MR) is 46.5 cm³/mol. The fourth-order valence-corrected chi connectivity index (χ4v) is 1.40. The third-order valence-corrected chi connectivity index (χ3v) is 2.02. The summed E-state index contributed by atoms with van der Waals surface area (Å²) >= 11 is 5.59. The van der Waals surface area contributed by atoms with Gasteiger partial charge >= 0.3 is 6.03 Å². The maximum Gasteiger partial charge on any atom is 0.344 e. The molecule has 0 saturated heterocycles. The highest BCUT2D eigenvalue weighted by molar-refractivity contribution is 6.20. The van der Waals surface area contributed by atoms with Gasteiger partial charge in [-0.05, 0) is 0 Å². The third-order valence-electron chi connectivity index (χ3n) is 1.76. The Hall–Kier alpha value is -1.43. The summed E-state index contributed by atoms with van der Waals surface area (Å²) in [5.41, 5.74) is 6.70. The Kier molecular flexibility index (Phi) is 1.77. The number of nitrogens with zero attached hydrogens (tertiary/aromatic N) is 3. The van der Waals surface area contributed by atoms with E-state index in [1.165, 1.54) is 0 Å². The highest BCUT2D eigenvalue weighted by Gasteiger charge is 2.31. The monoisotopic (exact) mass is 199 g/mol. The topological polar surface area (TPSA) is 92.2 Å². The summed E-state index contributed by atoms with van der Waals surface area (Å²) in [4.78, 5) is 14.4. The largest absolute Gasteiger partial charge is 0.383 e. The molecule has 0 aromatic carbocycles. The van der Waals surface area contributed by atoms with E-state index < -0.39 is 12.2 Å². The number of hydrogen-bond acceptors (Lipinski definition) is 4. The molecule has 13 heavy (non-hydrogen) atoms. The predicted octanol–water partition coefficient (Wildman–Crippen LogP) is 0.352. The van der Waals surface area contributed by atoms with Crippen LogP contribution in [-0.2, 0) is 0 Å². The van der Waals surface area contributed by atoms with Crippen LogP contribution in [-0.4, -0.2) is 23.9 Å². The molecular weight excluding hydrogens is 194 g/mol. The number of amidine groups is 1. The number of aliphatic imine (C=N–C) groups is 1. The first kappa shape index (κ1) is 8.18. The normalized spacial score (nSPS) is 25.8. The molecule has 6 nitrogen and oxygen atoms in total. The minimum Gasteiger partial charge on any atom is -0.383 e. The second-order valence-corrected chi connectivity index (χ2v) is 2.83. The number of carbonyl (C=O) groups is 1. The van der Waals surface area contributed by atoms with Crippen molar-refractivity contribution in [1.29, 1.82) is 0 Å². The van der Waals surface area contributed by atoms with Crippen LogP contribution in [0.5, 0.6) is 0 Å². The van der Waals surface area contributed by atoms with Crippen LogP contribution in [0.2, 0.25) is 0 Å². The lowest BCUT2D eigenvalue weighted by molar-refractivity contribution is 0.246. The molecule has 0 aromatic rings. The number of azo groups is 1. The molecule has 1 atom stereocenters. The van der Waals surface area contributed by atoms with E-state index in [2.05, 4.69) is 20.5 Å². The lowest BCUT2D eigenvalue weighted by Crippen LogP contribution is -2.42. The molecular formula is C6H6ClN5O. The standard InChI is InChI=1S/C6H6ClN5O/c7-1-2-3-4(8)9-6(13)10-5(3)12-11-2/h5H,1H2,(H3,8,9,10,13). The summed E-state index contributed by atoms with van der Waals surface area (Å²) in [6, 6.07) is -0.499. The number of halogens is 1. The Morgan fingerprint density at radius 1 is 1.62 bits per heavy atom. The van der Waals surface area contributed by atoms with Crippen LogP contribution in [0.3, 0.4) is 0 Å². The molecule has 2 rings (SSSR count). The van der Waals surface area contributed by atoms with Gasteiger partial charge in [-0.1, -0.05) is 0 Å². The number of fused-ring (bicyclic) bond motifs is 1. The second-order valence-electron chi connectivity index (χ2n) is 2.56. The van der Waals surface area contributed by atoms with E-state index in [1.807, 2.05) is 0 Å². The smallest absolute Gasteiger partial charge is 0.344 e. The molecule has 0 bridgehead atoms. The number of nitrogens with one attached hydrogen (secondary N) is 1. The van der Waals surface area contributed by atoms with Crippen LogP contribution >= 0.6 is 11.6 Å². The quantitative estimate of drug-likeness (QED) is 0.597. The Bertz CT molecular complexity index is 358. The van der Waals surface area contributed by atoms with Crippen LogP contribution in [0.4, 0.5) is 4.79 Å². The number of amides is 2. The summed E-state index contributed by atoms with van der Waals surface area (Å²) < 4.78 is 0. The summed E-state index contributed by atoms with van der Waals surface area (Å²) in [6.45, 7) is 0. The summed E-state index contributed by atoms with van der Waals surface area (Å²) in [5, 5.41) is 10.1. The summed E-state index contributed by atoms with van der Waals surface area (Å²) in [5.74, 6) is 0.357. The fraction of sp³-hybridized carbons (Fsp3) is 0.333. The lowest BCUT2D eigenvalue weighted by atomic mass is 10.1. The fourth-order valence-electron chi connectivity index (χ4n) is 1.20. The minimum atomic E-state index is -0.501. The summed E-state index contributed by atoms with van der Waals surface area (Å²) in [6.07, 6.45) is -0.501. The average molecular weight is 200 g/mol. The van der Waals surface area contributed by atoms with Crippen LogP contribution in [0.1, 0.15) is 0 Å². The van der Waals surface area contributed by atoms with E-state index >= 15 is 0 Å². The van der Waals surface area contributed by atoms with E-state index in [0.717, 1.165) is 0 Å². The number of carbonyl (C=O) groups excluding carboxylic acids is 1. The highest BCUT2D eigenvalue weighted by Crippen LogP contribution is 2.23. The van der Waals surface area contributed by atoms with Crippen molar-refractivity contribution in [3.8, 4) is 0 Å². The Balaban J connectivity index is 2.46. The number of nitrogens with two attached hydrogens (primary N) is 1. The van der Waals surface area contributed by atoms with Gasteiger partial charge in [0.2, 0.25) is 0 Å². The molecule has 0 spiro atoms. The maximum absolute atomic E-state index is 10.9. The molecule has 3 N–H and O–H groups in total. The van der Waals surface area contributed by atoms with Crippen molar-refractivity contribution in [1.82, 2.24) is 5.32 Å². The van der Waals surface area contributed by atoms with Gasteiger partial charge in [-0.3, -0.25) is 0 Å².